The molecule has 24 heavy (non-hydrogen) atoms. The Bertz CT molecular complexity index is 725. The highest BCUT2D eigenvalue weighted by Gasteiger charge is 2.26. The van der Waals surface area contributed by atoms with E-state index in [-0.39, 0.29) is 11.4 Å². The second kappa shape index (κ2) is 7.11. The first-order valence-electron chi connectivity index (χ1n) is 8.16. The molecular weight excluding hydrogens is 342 g/mol. The third kappa shape index (κ3) is 4.48. The average Bonchev–Trinajstić information content (AvgIpc) is 3.30. The molecule has 1 heterocycles. The topological polar surface area (TPSA) is 54.0 Å². The number of aromatic nitrogens is 1. The predicted octanol–water partition coefficient (Wildman–Crippen LogP) is 4.45. The van der Waals surface area contributed by atoms with Gasteiger partial charge in [-0.2, -0.15) is 0 Å². The van der Waals surface area contributed by atoms with Crippen molar-refractivity contribution in [1.29, 1.82) is 0 Å². The van der Waals surface area contributed by atoms with Gasteiger partial charge in [-0.05, 0) is 30.5 Å². The van der Waals surface area contributed by atoms with Gasteiger partial charge in [-0.3, -0.25) is 0 Å². The standard InChI is InChI=1S/C18H22ClN3OS/c1-18(2,13-4-3-5-14(19)8-13)11-21-17(23)20-9-15-10-24-16(22-15)12-6-7-12/h3-5,8,10,12H,6-7,9,11H2,1-2H3,(H2,20,21,23). The van der Waals surface area contributed by atoms with Gasteiger partial charge >= 0.3 is 6.03 Å². The van der Waals surface area contributed by atoms with Crippen molar-refractivity contribution in [3.8, 4) is 0 Å². The molecule has 0 spiro atoms. The van der Waals surface area contributed by atoms with Crippen molar-refractivity contribution >= 4 is 29.0 Å². The minimum absolute atomic E-state index is 0.175. The lowest BCUT2D eigenvalue weighted by atomic mass is 9.85. The molecule has 0 atom stereocenters. The van der Waals surface area contributed by atoms with Crippen LogP contribution >= 0.6 is 22.9 Å². The Hall–Kier alpha value is -1.59. The lowest BCUT2D eigenvalue weighted by Crippen LogP contribution is -2.42. The number of benzene rings is 1. The predicted molar refractivity (Wildman–Crippen MR) is 98.8 cm³/mol. The highest BCUT2D eigenvalue weighted by atomic mass is 35.5. The highest BCUT2D eigenvalue weighted by molar-refractivity contribution is 7.09. The quantitative estimate of drug-likeness (QED) is 0.796. The number of carbonyl (C=O) groups excluding carboxylic acids is 1. The molecule has 2 N–H and O–H groups in total. The Kier molecular flexibility index (Phi) is 5.11. The molecule has 0 unspecified atom stereocenters. The first-order chi connectivity index (χ1) is 11.4. The second-order valence-corrected chi connectivity index (χ2v) is 8.21. The summed E-state index contributed by atoms with van der Waals surface area (Å²) in [5.74, 6) is 0.663. The minimum Gasteiger partial charge on any atom is -0.337 e. The maximum atomic E-state index is 12.0. The molecule has 1 fully saturated rings. The lowest BCUT2D eigenvalue weighted by Gasteiger charge is -2.26. The summed E-state index contributed by atoms with van der Waals surface area (Å²) in [7, 11) is 0. The number of rotatable bonds is 6. The van der Waals surface area contributed by atoms with Gasteiger partial charge in [0.15, 0.2) is 0 Å². The molecule has 0 bridgehead atoms. The Morgan fingerprint density at radius 3 is 2.88 bits per heavy atom. The van der Waals surface area contributed by atoms with E-state index in [4.69, 9.17) is 11.6 Å². The number of nitrogens with one attached hydrogen (secondary N) is 2. The van der Waals surface area contributed by atoms with Crippen LogP contribution in [0.15, 0.2) is 29.6 Å². The minimum atomic E-state index is -0.192. The van der Waals surface area contributed by atoms with E-state index in [0.717, 1.165) is 11.3 Å². The Balaban J connectivity index is 1.47. The fraction of sp³-hybridized carbons (Fsp3) is 0.444. The van der Waals surface area contributed by atoms with Gasteiger partial charge in [-0.15, -0.1) is 11.3 Å². The van der Waals surface area contributed by atoms with Crippen molar-refractivity contribution in [2.24, 2.45) is 0 Å². The number of hydrogen-bond donors (Lipinski definition) is 2. The van der Waals surface area contributed by atoms with E-state index in [0.29, 0.717) is 24.0 Å². The van der Waals surface area contributed by atoms with E-state index in [1.807, 2.05) is 29.6 Å². The van der Waals surface area contributed by atoms with Gasteiger partial charge in [0.2, 0.25) is 0 Å². The van der Waals surface area contributed by atoms with Crippen LogP contribution in [0.25, 0.3) is 0 Å². The third-order valence-electron chi connectivity index (χ3n) is 4.22. The van der Waals surface area contributed by atoms with Crippen LogP contribution in [0.3, 0.4) is 0 Å². The third-order valence-corrected chi connectivity index (χ3v) is 5.51. The van der Waals surface area contributed by atoms with Crippen LogP contribution in [0.5, 0.6) is 0 Å². The molecule has 1 aromatic carbocycles. The number of amides is 2. The smallest absolute Gasteiger partial charge is 0.315 e. The van der Waals surface area contributed by atoms with Gasteiger partial charge in [0.1, 0.15) is 0 Å². The molecule has 0 saturated heterocycles. The average molecular weight is 364 g/mol. The summed E-state index contributed by atoms with van der Waals surface area (Å²) in [5.41, 5.74) is 1.84. The van der Waals surface area contributed by atoms with Crippen LogP contribution in [-0.4, -0.2) is 17.6 Å². The van der Waals surface area contributed by atoms with E-state index in [1.54, 1.807) is 11.3 Å². The van der Waals surface area contributed by atoms with Crippen LogP contribution in [-0.2, 0) is 12.0 Å². The van der Waals surface area contributed by atoms with Gasteiger partial charge in [0.25, 0.3) is 0 Å². The monoisotopic (exact) mass is 363 g/mol. The highest BCUT2D eigenvalue weighted by Crippen LogP contribution is 2.41. The maximum absolute atomic E-state index is 12.0. The molecule has 128 valence electrons. The number of urea groups is 1. The summed E-state index contributed by atoms with van der Waals surface area (Å²) in [5, 5.41) is 9.75. The van der Waals surface area contributed by atoms with E-state index in [2.05, 4.69) is 29.5 Å². The largest absolute Gasteiger partial charge is 0.337 e. The zero-order chi connectivity index (χ0) is 17.2. The SMILES string of the molecule is CC(C)(CNC(=O)NCc1csc(C2CC2)n1)c1cccc(Cl)c1. The first-order valence-corrected chi connectivity index (χ1v) is 9.42. The maximum Gasteiger partial charge on any atom is 0.315 e. The zero-order valence-electron chi connectivity index (χ0n) is 13.9. The van der Waals surface area contributed by atoms with Gasteiger partial charge in [0.05, 0.1) is 17.2 Å². The molecule has 3 rings (SSSR count). The molecule has 0 radical (unpaired) electrons. The molecule has 1 aliphatic carbocycles. The van der Waals surface area contributed by atoms with Crippen LogP contribution in [0, 0.1) is 0 Å². The van der Waals surface area contributed by atoms with Gasteiger partial charge in [-0.1, -0.05) is 37.6 Å². The van der Waals surface area contributed by atoms with Crippen molar-refractivity contribution in [2.75, 3.05) is 6.54 Å². The van der Waals surface area contributed by atoms with Gasteiger partial charge in [-0.25, -0.2) is 9.78 Å². The molecule has 1 aliphatic rings. The van der Waals surface area contributed by atoms with Crippen LogP contribution in [0.4, 0.5) is 4.79 Å². The number of halogens is 1. The number of thiazole rings is 1. The lowest BCUT2D eigenvalue weighted by molar-refractivity contribution is 0.238. The summed E-state index contributed by atoms with van der Waals surface area (Å²) in [6.07, 6.45) is 2.50. The molecule has 0 aliphatic heterocycles. The van der Waals surface area contributed by atoms with E-state index < -0.39 is 0 Å². The molecule has 6 heteroatoms. The van der Waals surface area contributed by atoms with E-state index in [9.17, 15) is 4.79 Å². The van der Waals surface area contributed by atoms with Crippen molar-refractivity contribution < 1.29 is 4.79 Å². The summed E-state index contributed by atoms with van der Waals surface area (Å²) in [6, 6.07) is 7.58. The Morgan fingerprint density at radius 1 is 1.38 bits per heavy atom. The van der Waals surface area contributed by atoms with Crippen molar-refractivity contribution in [1.82, 2.24) is 15.6 Å². The molecular formula is C18H22ClN3OS. The van der Waals surface area contributed by atoms with Crippen molar-refractivity contribution in [3.63, 3.8) is 0 Å². The summed E-state index contributed by atoms with van der Waals surface area (Å²) in [4.78, 5) is 16.6. The number of nitrogens with zero attached hydrogens (tertiary/aromatic N) is 1. The molecule has 1 saturated carbocycles. The Labute approximate surface area is 151 Å². The van der Waals surface area contributed by atoms with Crippen LogP contribution in [0.2, 0.25) is 5.02 Å². The summed E-state index contributed by atoms with van der Waals surface area (Å²) in [6.45, 7) is 5.17. The summed E-state index contributed by atoms with van der Waals surface area (Å²) >= 11 is 7.75. The number of carbonyl (C=O) groups is 1. The van der Waals surface area contributed by atoms with E-state index >= 15 is 0 Å². The van der Waals surface area contributed by atoms with Crippen LogP contribution < -0.4 is 10.6 Å². The van der Waals surface area contributed by atoms with E-state index in [1.165, 1.54) is 17.8 Å². The second-order valence-electron chi connectivity index (χ2n) is 6.88. The van der Waals surface area contributed by atoms with Crippen molar-refractivity contribution in [3.05, 3.63) is 50.9 Å². The van der Waals surface area contributed by atoms with Gasteiger partial charge < -0.3 is 10.6 Å². The fourth-order valence-electron chi connectivity index (χ4n) is 2.47. The fourth-order valence-corrected chi connectivity index (χ4v) is 3.65. The molecule has 4 nitrogen and oxygen atoms in total. The zero-order valence-corrected chi connectivity index (χ0v) is 15.5. The van der Waals surface area contributed by atoms with Gasteiger partial charge in [0, 0.05) is 28.3 Å². The Morgan fingerprint density at radius 2 is 2.17 bits per heavy atom. The molecule has 2 aromatic rings. The summed E-state index contributed by atoms with van der Waals surface area (Å²) < 4.78 is 0. The van der Waals surface area contributed by atoms with Crippen LogP contribution in [0.1, 0.15) is 48.9 Å². The first kappa shape index (κ1) is 17.2. The molecule has 1 aromatic heterocycles. The van der Waals surface area contributed by atoms with Crippen molar-refractivity contribution in [2.45, 2.75) is 44.6 Å². The number of hydrogen-bond acceptors (Lipinski definition) is 3. The normalized spacial score (nSPS) is 14.5. The molecule has 2 amide bonds.